The van der Waals surface area contributed by atoms with Crippen molar-refractivity contribution in [1.82, 2.24) is 0 Å². The SMILES string of the molecule is C#CC1=CCOS(=O)O1. The van der Waals surface area contributed by atoms with Crippen LogP contribution in [0.25, 0.3) is 0 Å². The zero-order chi connectivity index (χ0) is 6.69. The van der Waals surface area contributed by atoms with Gasteiger partial charge in [0.2, 0.25) is 0 Å². The van der Waals surface area contributed by atoms with Gasteiger partial charge in [-0.3, -0.25) is 4.18 Å². The van der Waals surface area contributed by atoms with E-state index in [9.17, 15) is 4.21 Å². The summed E-state index contributed by atoms with van der Waals surface area (Å²) in [4.78, 5) is 0. The van der Waals surface area contributed by atoms with Crippen molar-refractivity contribution >= 4 is 11.4 Å². The van der Waals surface area contributed by atoms with Crippen molar-refractivity contribution in [3.05, 3.63) is 11.8 Å². The van der Waals surface area contributed by atoms with E-state index in [0.717, 1.165) is 0 Å². The first-order chi connectivity index (χ1) is 4.33. The van der Waals surface area contributed by atoms with Gasteiger partial charge in [-0.25, -0.2) is 0 Å². The minimum absolute atomic E-state index is 0.256. The third-order valence-electron chi connectivity index (χ3n) is 0.733. The van der Waals surface area contributed by atoms with Crippen LogP contribution in [0.4, 0.5) is 0 Å². The van der Waals surface area contributed by atoms with Gasteiger partial charge in [0.25, 0.3) is 0 Å². The van der Waals surface area contributed by atoms with Gasteiger partial charge in [-0.05, 0) is 12.0 Å². The van der Waals surface area contributed by atoms with Crippen LogP contribution in [-0.2, 0) is 19.7 Å². The third-order valence-corrected chi connectivity index (χ3v) is 1.38. The largest absolute Gasteiger partial charge is 0.371 e. The molecule has 0 aromatic heterocycles. The van der Waals surface area contributed by atoms with Gasteiger partial charge in [0.1, 0.15) is 0 Å². The summed E-state index contributed by atoms with van der Waals surface area (Å²) in [7, 11) is 0. The first-order valence-corrected chi connectivity index (χ1v) is 3.23. The fourth-order valence-electron chi connectivity index (χ4n) is 0.380. The molecular formula is C5H4O3S. The van der Waals surface area contributed by atoms with Gasteiger partial charge in [0.15, 0.2) is 5.76 Å². The van der Waals surface area contributed by atoms with Gasteiger partial charge in [-0.2, -0.15) is 4.21 Å². The smallest absolute Gasteiger partial charge is 0.361 e. The van der Waals surface area contributed by atoms with Gasteiger partial charge in [-0.15, -0.1) is 6.42 Å². The topological polar surface area (TPSA) is 35.5 Å². The summed E-state index contributed by atoms with van der Waals surface area (Å²) < 4.78 is 19.4. The van der Waals surface area contributed by atoms with Crippen LogP contribution < -0.4 is 0 Å². The van der Waals surface area contributed by atoms with Crippen LogP contribution in [0.1, 0.15) is 0 Å². The summed E-state index contributed by atoms with van der Waals surface area (Å²) in [5.74, 6) is 2.48. The Morgan fingerprint density at radius 3 is 3.11 bits per heavy atom. The molecule has 0 amide bonds. The molecule has 0 aromatic carbocycles. The Bertz CT molecular complexity index is 201. The Hall–Kier alpha value is -0.790. The van der Waals surface area contributed by atoms with E-state index in [-0.39, 0.29) is 12.4 Å². The molecule has 48 valence electrons. The second kappa shape index (κ2) is 2.67. The highest BCUT2D eigenvalue weighted by molar-refractivity contribution is 7.75. The molecule has 9 heavy (non-hydrogen) atoms. The number of rotatable bonds is 0. The van der Waals surface area contributed by atoms with Crippen LogP contribution in [0.15, 0.2) is 11.8 Å². The standard InChI is InChI=1S/C5H4O3S/c1-2-5-3-4-7-9(6)8-5/h1,3H,4H2. The van der Waals surface area contributed by atoms with Crippen LogP contribution in [0.3, 0.4) is 0 Å². The van der Waals surface area contributed by atoms with E-state index < -0.39 is 11.4 Å². The van der Waals surface area contributed by atoms with Gasteiger partial charge in [0.05, 0.1) is 6.61 Å². The second-order valence-electron chi connectivity index (χ2n) is 1.28. The fraction of sp³-hybridized carbons (Fsp3) is 0.200. The molecule has 1 unspecified atom stereocenters. The molecular weight excluding hydrogens is 140 g/mol. The predicted molar refractivity (Wildman–Crippen MR) is 32.1 cm³/mol. The summed E-state index contributed by atoms with van der Waals surface area (Å²) in [5.41, 5.74) is 0. The van der Waals surface area contributed by atoms with Crippen molar-refractivity contribution in [3.8, 4) is 12.3 Å². The molecule has 1 aliphatic heterocycles. The van der Waals surface area contributed by atoms with Crippen molar-refractivity contribution in [2.24, 2.45) is 0 Å². The summed E-state index contributed by atoms with van der Waals surface area (Å²) >= 11 is -1.68. The number of allylic oxidation sites excluding steroid dienone is 1. The molecule has 0 bridgehead atoms. The molecule has 1 atom stereocenters. The van der Waals surface area contributed by atoms with E-state index in [2.05, 4.69) is 14.3 Å². The van der Waals surface area contributed by atoms with E-state index in [1.54, 1.807) is 6.08 Å². The van der Waals surface area contributed by atoms with Crippen molar-refractivity contribution in [3.63, 3.8) is 0 Å². The van der Waals surface area contributed by atoms with Gasteiger partial charge in [-0.1, -0.05) is 0 Å². The number of hydrogen-bond donors (Lipinski definition) is 0. The Morgan fingerprint density at radius 1 is 1.89 bits per heavy atom. The van der Waals surface area contributed by atoms with Crippen LogP contribution in [0.5, 0.6) is 0 Å². The quantitative estimate of drug-likeness (QED) is 0.453. The first kappa shape index (κ1) is 6.33. The molecule has 4 heteroatoms. The average molecular weight is 144 g/mol. The van der Waals surface area contributed by atoms with E-state index in [4.69, 9.17) is 6.42 Å². The number of terminal acetylenes is 1. The highest BCUT2D eigenvalue weighted by atomic mass is 32.2. The molecule has 3 nitrogen and oxygen atoms in total. The maximum atomic E-state index is 10.4. The van der Waals surface area contributed by atoms with Crippen LogP contribution >= 0.6 is 0 Å². The normalized spacial score (nSPS) is 25.7. The van der Waals surface area contributed by atoms with E-state index in [0.29, 0.717) is 0 Å². The third kappa shape index (κ3) is 1.56. The molecule has 0 fully saturated rings. The van der Waals surface area contributed by atoms with Crippen molar-refractivity contribution in [2.75, 3.05) is 6.61 Å². The molecule has 0 aliphatic carbocycles. The molecule has 0 N–H and O–H groups in total. The maximum Gasteiger partial charge on any atom is 0.361 e. The van der Waals surface area contributed by atoms with Gasteiger partial charge < -0.3 is 4.18 Å². The minimum atomic E-state index is -1.68. The second-order valence-corrected chi connectivity index (χ2v) is 2.10. The molecule has 0 radical (unpaired) electrons. The van der Waals surface area contributed by atoms with Crippen molar-refractivity contribution in [1.29, 1.82) is 0 Å². The van der Waals surface area contributed by atoms with Crippen molar-refractivity contribution in [2.45, 2.75) is 0 Å². The van der Waals surface area contributed by atoms with E-state index in [1.165, 1.54) is 0 Å². The fourth-order valence-corrected chi connectivity index (χ4v) is 0.870. The summed E-state index contributed by atoms with van der Waals surface area (Å²) in [5, 5.41) is 0. The molecule has 1 heterocycles. The van der Waals surface area contributed by atoms with Crippen LogP contribution in [0.2, 0.25) is 0 Å². The molecule has 0 spiro atoms. The Morgan fingerprint density at radius 2 is 2.67 bits per heavy atom. The zero-order valence-corrected chi connectivity index (χ0v) is 5.31. The van der Waals surface area contributed by atoms with Crippen molar-refractivity contribution < 1.29 is 12.6 Å². The molecule has 0 aromatic rings. The lowest BCUT2D eigenvalue weighted by Gasteiger charge is -2.06. The summed E-state index contributed by atoms with van der Waals surface area (Å²) in [6.45, 7) is 0.256. The Balaban J connectivity index is 2.67. The lowest BCUT2D eigenvalue weighted by Crippen LogP contribution is -2.07. The lowest BCUT2D eigenvalue weighted by molar-refractivity contribution is 0.295. The lowest BCUT2D eigenvalue weighted by atomic mass is 10.5. The predicted octanol–water partition coefficient (Wildman–Crippen LogP) is 0.129. The minimum Gasteiger partial charge on any atom is -0.371 e. The monoisotopic (exact) mass is 144 g/mol. The highest BCUT2D eigenvalue weighted by Crippen LogP contribution is 2.06. The molecule has 0 saturated carbocycles. The first-order valence-electron chi connectivity index (χ1n) is 2.23. The van der Waals surface area contributed by atoms with E-state index >= 15 is 0 Å². The van der Waals surface area contributed by atoms with Crippen LogP contribution in [-0.4, -0.2) is 10.8 Å². The highest BCUT2D eigenvalue weighted by Gasteiger charge is 2.08. The molecule has 1 rings (SSSR count). The maximum absolute atomic E-state index is 10.4. The summed E-state index contributed by atoms with van der Waals surface area (Å²) in [6, 6.07) is 0. The average Bonchev–Trinajstić information content (AvgIpc) is 1.88. The Kier molecular flexibility index (Phi) is 1.88. The molecule has 0 saturated heterocycles. The zero-order valence-electron chi connectivity index (χ0n) is 4.49. The van der Waals surface area contributed by atoms with E-state index in [1.807, 2.05) is 0 Å². The Labute approximate surface area is 55.5 Å². The summed E-state index contributed by atoms with van der Waals surface area (Å²) in [6.07, 6.45) is 6.48. The number of hydrogen-bond acceptors (Lipinski definition) is 3. The van der Waals surface area contributed by atoms with Crippen LogP contribution in [0, 0.1) is 12.3 Å². The van der Waals surface area contributed by atoms with Gasteiger partial charge >= 0.3 is 11.4 Å². The molecule has 1 aliphatic rings. The van der Waals surface area contributed by atoms with Gasteiger partial charge in [0, 0.05) is 0 Å².